The van der Waals surface area contributed by atoms with Crippen LogP contribution in [0, 0.1) is 17.5 Å². The molecule has 0 heterocycles. The third kappa shape index (κ3) is 3.65. The lowest BCUT2D eigenvalue weighted by Crippen LogP contribution is -2.06. The molecule has 0 aliphatic carbocycles. The molecule has 0 fully saturated rings. The van der Waals surface area contributed by atoms with E-state index in [1.807, 2.05) is 0 Å². The van der Waals surface area contributed by atoms with Crippen molar-refractivity contribution in [1.82, 2.24) is 0 Å². The lowest BCUT2D eigenvalue weighted by molar-refractivity contribution is -0.129. The van der Waals surface area contributed by atoms with Crippen molar-refractivity contribution in [2.75, 3.05) is 6.61 Å². The molecule has 3 nitrogen and oxygen atoms in total. The summed E-state index contributed by atoms with van der Waals surface area (Å²) in [5, 5.41) is 0. The molecule has 0 aliphatic rings. The van der Waals surface area contributed by atoms with E-state index in [0.717, 1.165) is 24.3 Å². The lowest BCUT2D eigenvalue weighted by atomic mass is 10.0. The molecule has 2 rings (SSSR count). The fourth-order valence-corrected chi connectivity index (χ4v) is 1.93. The van der Waals surface area contributed by atoms with Gasteiger partial charge in [-0.3, -0.25) is 0 Å². The minimum Gasteiger partial charge on any atom is -0.489 e. The van der Waals surface area contributed by atoms with E-state index in [4.69, 9.17) is 4.74 Å². The van der Waals surface area contributed by atoms with Gasteiger partial charge in [-0.05, 0) is 24.3 Å². The molecule has 0 amide bonds. The number of benzene rings is 2. The molecular formula is C18H13F3O3. The highest BCUT2D eigenvalue weighted by atomic mass is 19.2. The molecule has 124 valence electrons. The zero-order chi connectivity index (χ0) is 17.7. The molecule has 0 spiro atoms. The van der Waals surface area contributed by atoms with Gasteiger partial charge < -0.3 is 9.47 Å². The predicted molar refractivity (Wildman–Crippen MR) is 83.3 cm³/mol. The molecule has 2 aromatic carbocycles. The molecule has 0 N–H and O–H groups in total. The molecule has 0 saturated carbocycles. The topological polar surface area (TPSA) is 35.5 Å². The van der Waals surface area contributed by atoms with Crippen LogP contribution in [-0.4, -0.2) is 12.6 Å². The van der Waals surface area contributed by atoms with Crippen LogP contribution in [0.3, 0.4) is 0 Å². The second-order valence-electron chi connectivity index (χ2n) is 4.61. The molecule has 0 saturated heterocycles. The van der Waals surface area contributed by atoms with Crippen molar-refractivity contribution in [2.45, 2.75) is 0 Å². The SMILES string of the molecule is C=CCOc1ccc(-c2ccc(OC(=O)C=C)c(F)c2F)c(F)c1. The number of esters is 1. The summed E-state index contributed by atoms with van der Waals surface area (Å²) in [5.41, 5.74) is -0.461. The van der Waals surface area contributed by atoms with Crippen molar-refractivity contribution in [3.05, 3.63) is 73.1 Å². The Bertz CT molecular complexity index is 800. The predicted octanol–water partition coefficient (Wildman–Crippen LogP) is 4.43. The molecule has 0 radical (unpaired) electrons. The molecule has 0 atom stereocenters. The summed E-state index contributed by atoms with van der Waals surface area (Å²) in [5.74, 6) is -4.82. The minimum absolute atomic E-state index is 0.154. The van der Waals surface area contributed by atoms with E-state index in [-0.39, 0.29) is 23.5 Å². The first-order valence-corrected chi connectivity index (χ1v) is 6.83. The van der Waals surface area contributed by atoms with E-state index in [0.29, 0.717) is 0 Å². The highest BCUT2D eigenvalue weighted by molar-refractivity contribution is 5.83. The van der Waals surface area contributed by atoms with Crippen LogP contribution in [0.2, 0.25) is 0 Å². The van der Waals surface area contributed by atoms with Gasteiger partial charge in [-0.2, -0.15) is 4.39 Å². The van der Waals surface area contributed by atoms with E-state index in [1.165, 1.54) is 18.2 Å². The average molecular weight is 334 g/mol. The Balaban J connectivity index is 2.39. The van der Waals surface area contributed by atoms with E-state index < -0.39 is 29.2 Å². The molecule has 24 heavy (non-hydrogen) atoms. The van der Waals surface area contributed by atoms with E-state index in [2.05, 4.69) is 17.9 Å². The summed E-state index contributed by atoms with van der Waals surface area (Å²) in [6.45, 7) is 6.81. The zero-order valence-electron chi connectivity index (χ0n) is 12.5. The molecule has 2 aromatic rings. The Hall–Kier alpha value is -3.02. The smallest absolute Gasteiger partial charge is 0.335 e. The standard InChI is InChI=1S/C18H13F3O3/c1-3-9-23-11-5-6-12(14(19)10-11)13-7-8-15(18(21)17(13)20)24-16(22)4-2/h3-8,10H,1-2,9H2. The van der Waals surface area contributed by atoms with Gasteiger partial charge in [0, 0.05) is 23.3 Å². The summed E-state index contributed by atoms with van der Waals surface area (Å²) in [6, 6.07) is 5.90. The van der Waals surface area contributed by atoms with Crippen LogP contribution < -0.4 is 9.47 Å². The summed E-state index contributed by atoms with van der Waals surface area (Å²) >= 11 is 0. The second kappa shape index (κ2) is 7.50. The second-order valence-corrected chi connectivity index (χ2v) is 4.61. The molecule has 0 unspecified atom stereocenters. The third-order valence-corrected chi connectivity index (χ3v) is 3.02. The van der Waals surface area contributed by atoms with E-state index in [1.54, 1.807) is 0 Å². The quantitative estimate of drug-likeness (QED) is 0.339. The maximum absolute atomic E-state index is 14.2. The molecule has 0 aromatic heterocycles. The monoisotopic (exact) mass is 334 g/mol. The van der Waals surface area contributed by atoms with Crippen molar-refractivity contribution in [3.8, 4) is 22.6 Å². The zero-order valence-corrected chi connectivity index (χ0v) is 12.5. The van der Waals surface area contributed by atoms with Crippen molar-refractivity contribution >= 4 is 5.97 Å². The van der Waals surface area contributed by atoms with Crippen molar-refractivity contribution in [3.63, 3.8) is 0 Å². The van der Waals surface area contributed by atoms with Crippen LogP contribution in [0.15, 0.2) is 55.6 Å². The number of ether oxygens (including phenoxy) is 2. The van der Waals surface area contributed by atoms with Gasteiger partial charge in [0.1, 0.15) is 18.2 Å². The highest BCUT2D eigenvalue weighted by Gasteiger charge is 2.19. The van der Waals surface area contributed by atoms with Crippen molar-refractivity contribution < 1.29 is 27.4 Å². The Morgan fingerprint density at radius 3 is 2.38 bits per heavy atom. The van der Waals surface area contributed by atoms with Crippen molar-refractivity contribution in [2.24, 2.45) is 0 Å². The van der Waals surface area contributed by atoms with E-state index in [9.17, 15) is 18.0 Å². The van der Waals surface area contributed by atoms with Crippen LogP contribution >= 0.6 is 0 Å². The molecule has 0 bridgehead atoms. The Morgan fingerprint density at radius 2 is 1.75 bits per heavy atom. The maximum Gasteiger partial charge on any atom is 0.335 e. The highest BCUT2D eigenvalue weighted by Crippen LogP contribution is 2.32. The summed E-state index contributed by atoms with van der Waals surface area (Å²) in [4.78, 5) is 11.1. The fourth-order valence-electron chi connectivity index (χ4n) is 1.93. The van der Waals surface area contributed by atoms with Gasteiger partial charge in [0.25, 0.3) is 0 Å². The fraction of sp³-hybridized carbons (Fsp3) is 0.0556. The lowest BCUT2D eigenvalue weighted by Gasteiger charge is -2.10. The Kier molecular flexibility index (Phi) is 5.42. The summed E-state index contributed by atoms with van der Waals surface area (Å²) in [6.07, 6.45) is 2.30. The van der Waals surface area contributed by atoms with Gasteiger partial charge in [-0.15, -0.1) is 0 Å². The van der Waals surface area contributed by atoms with Gasteiger partial charge in [-0.25, -0.2) is 13.6 Å². The van der Waals surface area contributed by atoms with Crippen LogP contribution in [0.4, 0.5) is 13.2 Å². The largest absolute Gasteiger partial charge is 0.489 e. The number of hydrogen-bond donors (Lipinski definition) is 0. The van der Waals surface area contributed by atoms with E-state index >= 15 is 0 Å². The van der Waals surface area contributed by atoms with Gasteiger partial charge in [0.15, 0.2) is 11.6 Å². The molecular weight excluding hydrogens is 321 g/mol. The average Bonchev–Trinajstić information content (AvgIpc) is 2.58. The first-order chi connectivity index (χ1) is 11.5. The molecule has 0 aliphatic heterocycles. The first kappa shape index (κ1) is 17.3. The van der Waals surface area contributed by atoms with Crippen LogP contribution in [-0.2, 0) is 4.79 Å². The van der Waals surface area contributed by atoms with Crippen LogP contribution in [0.1, 0.15) is 0 Å². The van der Waals surface area contributed by atoms with Gasteiger partial charge in [0.05, 0.1) is 0 Å². The number of carbonyl (C=O) groups excluding carboxylic acids is 1. The summed E-state index contributed by atoms with van der Waals surface area (Å²) in [7, 11) is 0. The number of hydrogen-bond acceptors (Lipinski definition) is 3. The number of halogens is 3. The Labute approximate surface area is 136 Å². The maximum atomic E-state index is 14.2. The normalized spacial score (nSPS) is 10.1. The van der Waals surface area contributed by atoms with Crippen LogP contribution in [0.5, 0.6) is 11.5 Å². The van der Waals surface area contributed by atoms with Gasteiger partial charge in [0.2, 0.25) is 5.82 Å². The number of carbonyl (C=O) groups is 1. The van der Waals surface area contributed by atoms with Crippen molar-refractivity contribution in [1.29, 1.82) is 0 Å². The minimum atomic E-state index is -1.39. The summed E-state index contributed by atoms with van der Waals surface area (Å²) < 4.78 is 52.0. The molecule has 6 heteroatoms. The number of rotatable bonds is 6. The van der Waals surface area contributed by atoms with Gasteiger partial charge >= 0.3 is 5.97 Å². The van der Waals surface area contributed by atoms with Crippen LogP contribution in [0.25, 0.3) is 11.1 Å². The Morgan fingerprint density at radius 1 is 1.04 bits per heavy atom. The first-order valence-electron chi connectivity index (χ1n) is 6.83. The third-order valence-electron chi connectivity index (χ3n) is 3.02. The van der Waals surface area contributed by atoms with Gasteiger partial charge in [-0.1, -0.05) is 19.2 Å².